The molecule has 1 saturated heterocycles. The van der Waals surface area contributed by atoms with E-state index in [0.29, 0.717) is 23.7 Å². The van der Waals surface area contributed by atoms with Crippen LogP contribution in [0.4, 0.5) is 4.39 Å². The van der Waals surface area contributed by atoms with Gasteiger partial charge in [0.1, 0.15) is 5.82 Å². The lowest BCUT2D eigenvalue weighted by molar-refractivity contribution is -0.141. The maximum atomic E-state index is 14.1. The van der Waals surface area contributed by atoms with Gasteiger partial charge in [-0.3, -0.25) is 9.69 Å². The molecule has 0 saturated carbocycles. The number of carboxylic acid groups (broad SMARTS) is 1. The van der Waals surface area contributed by atoms with E-state index in [1.165, 1.54) is 6.07 Å². The summed E-state index contributed by atoms with van der Waals surface area (Å²) < 4.78 is 14.1. The number of aliphatic carboxylic acids is 1. The number of hydrogen-bond acceptors (Lipinski definition) is 2. The fraction of sp³-hybridized carbons (Fsp3) is 0.533. The van der Waals surface area contributed by atoms with Crippen molar-refractivity contribution >= 4 is 17.6 Å². The normalized spacial score (nSPS) is 24.1. The molecule has 0 radical (unpaired) electrons. The van der Waals surface area contributed by atoms with E-state index in [0.717, 1.165) is 0 Å². The number of carboxylic acids is 1. The lowest BCUT2D eigenvalue weighted by atomic mass is 9.89. The Balaban J connectivity index is 2.35. The predicted molar refractivity (Wildman–Crippen MR) is 76.6 cm³/mol. The number of halogens is 2. The quantitative estimate of drug-likeness (QED) is 0.910. The van der Waals surface area contributed by atoms with Crippen LogP contribution in [0.15, 0.2) is 18.2 Å². The Morgan fingerprint density at radius 1 is 1.40 bits per heavy atom. The van der Waals surface area contributed by atoms with Crippen LogP contribution in [0.25, 0.3) is 0 Å². The Hall–Kier alpha value is -1.13. The van der Waals surface area contributed by atoms with Gasteiger partial charge in [-0.05, 0) is 38.5 Å². The van der Waals surface area contributed by atoms with Crippen LogP contribution in [0.3, 0.4) is 0 Å². The van der Waals surface area contributed by atoms with Crippen LogP contribution in [-0.2, 0) is 4.79 Å². The highest BCUT2D eigenvalue weighted by molar-refractivity contribution is 6.30. The van der Waals surface area contributed by atoms with Gasteiger partial charge >= 0.3 is 5.97 Å². The molecule has 3 nitrogen and oxygen atoms in total. The summed E-state index contributed by atoms with van der Waals surface area (Å²) in [6, 6.07) is 4.46. The Bertz CT molecular complexity index is 527. The molecule has 2 rings (SSSR count). The van der Waals surface area contributed by atoms with Crippen molar-refractivity contribution < 1.29 is 14.3 Å². The second-order valence-electron chi connectivity index (χ2n) is 6.29. The second kappa shape index (κ2) is 5.34. The van der Waals surface area contributed by atoms with Crippen molar-refractivity contribution in [3.63, 3.8) is 0 Å². The lowest BCUT2D eigenvalue weighted by Crippen LogP contribution is -2.40. The predicted octanol–water partition coefficient (Wildman–Crippen LogP) is 3.38. The van der Waals surface area contributed by atoms with Gasteiger partial charge in [0.25, 0.3) is 0 Å². The number of hydrogen-bond donors (Lipinski definition) is 1. The fourth-order valence-electron chi connectivity index (χ4n) is 2.72. The maximum Gasteiger partial charge on any atom is 0.308 e. The van der Waals surface area contributed by atoms with Crippen molar-refractivity contribution in [2.75, 3.05) is 13.1 Å². The SMILES string of the molecule is CC(C)(C)N1C[C@@H](C(=O)O)[C@H](c2ccc(Cl)cc2F)C1. The minimum Gasteiger partial charge on any atom is -0.481 e. The van der Waals surface area contributed by atoms with Gasteiger partial charge in [0.15, 0.2) is 0 Å². The summed E-state index contributed by atoms with van der Waals surface area (Å²) >= 11 is 5.76. The summed E-state index contributed by atoms with van der Waals surface area (Å²) in [5, 5.41) is 9.72. The minimum atomic E-state index is -0.879. The van der Waals surface area contributed by atoms with E-state index in [9.17, 15) is 14.3 Å². The highest BCUT2D eigenvalue weighted by Crippen LogP contribution is 2.37. The summed E-state index contributed by atoms with van der Waals surface area (Å²) in [6.45, 7) is 7.08. The number of nitrogens with zero attached hydrogens (tertiary/aromatic N) is 1. The molecule has 110 valence electrons. The molecule has 0 spiro atoms. The minimum absolute atomic E-state index is 0.134. The smallest absolute Gasteiger partial charge is 0.308 e. The topological polar surface area (TPSA) is 40.5 Å². The molecule has 0 aromatic heterocycles. The summed E-state index contributed by atoms with van der Waals surface area (Å²) in [7, 11) is 0. The summed E-state index contributed by atoms with van der Waals surface area (Å²) in [5.41, 5.74) is 0.305. The Morgan fingerprint density at radius 2 is 2.05 bits per heavy atom. The highest BCUT2D eigenvalue weighted by Gasteiger charge is 2.42. The molecule has 20 heavy (non-hydrogen) atoms. The van der Waals surface area contributed by atoms with Crippen LogP contribution in [0.2, 0.25) is 5.02 Å². The van der Waals surface area contributed by atoms with Crippen LogP contribution < -0.4 is 0 Å². The van der Waals surface area contributed by atoms with E-state index in [1.807, 2.05) is 20.8 Å². The Morgan fingerprint density at radius 3 is 2.55 bits per heavy atom. The molecule has 1 aliphatic rings. The van der Waals surface area contributed by atoms with E-state index in [4.69, 9.17) is 11.6 Å². The van der Waals surface area contributed by atoms with E-state index in [-0.39, 0.29) is 11.5 Å². The molecule has 1 aliphatic heterocycles. The molecule has 5 heteroatoms. The van der Waals surface area contributed by atoms with Gasteiger partial charge in [-0.2, -0.15) is 0 Å². The average molecular weight is 300 g/mol. The molecular formula is C15H19ClFNO2. The Labute approximate surface area is 123 Å². The van der Waals surface area contributed by atoms with E-state index in [2.05, 4.69) is 4.90 Å². The van der Waals surface area contributed by atoms with Gasteiger partial charge in [0.2, 0.25) is 0 Å². The molecular weight excluding hydrogens is 281 g/mol. The van der Waals surface area contributed by atoms with Gasteiger partial charge in [-0.25, -0.2) is 4.39 Å². The lowest BCUT2D eigenvalue weighted by Gasteiger charge is -2.31. The van der Waals surface area contributed by atoms with E-state index in [1.54, 1.807) is 12.1 Å². The van der Waals surface area contributed by atoms with Gasteiger partial charge in [0.05, 0.1) is 5.92 Å². The third-order valence-corrected chi connectivity index (χ3v) is 4.18. The summed E-state index contributed by atoms with van der Waals surface area (Å²) in [5.74, 6) is -2.24. The summed E-state index contributed by atoms with van der Waals surface area (Å²) in [4.78, 5) is 13.5. The van der Waals surface area contributed by atoms with Crippen molar-refractivity contribution in [2.45, 2.75) is 32.2 Å². The van der Waals surface area contributed by atoms with E-state index < -0.39 is 17.7 Å². The van der Waals surface area contributed by atoms with Crippen molar-refractivity contribution in [1.82, 2.24) is 4.90 Å². The molecule has 1 aromatic carbocycles. The van der Waals surface area contributed by atoms with Crippen LogP contribution in [0, 0.1) is 11.7 Å². The van der Waals surface area contributed by atoms with Crippen molar-refractivity contribution in [2.24, 2.45) is 5.92 Å². The van der Waals surface area contributed by atoms with Crippen LogP contribution >= 0.6 is 11.6 Å². The third kappa shape index (κ3) is 2.96. The average Bonchev–Trinajstić information content (AvgIpc) is 2.73. The first-order valence-electron chi connectivity index (χ1n) is 6.63. The molecule has 1 fully saturated rings. The first-order chi connectivity index (χ1) is 9.20. The number of benzene rings is 1. The zero-order valence-corrected chi connectivity index (χ0v) is 12.6. The van der Waals surface area contributed by atoms with Gasteiger partial charge in [-0.15, -0.1) is 0 Å². The zero-order chi connectivity index (χ0) is 15.1. The number of likely N-dealkylation sites (tertiary alicyclic amines) is 1. The maximum absolute atomic E-state index is 14.1. The number of carbonyl (C=O) groups is 1. The monoisotopic (exact) mass is 299 g/mol. The Kier molecular flexibility index (Phi) is 4.07. The van der Waals surface area contributed by atoms with Crippen molar-refractivity contribution in [3.8, 4) is 0 Å². The van der Waals surface area contributed by atoms with Crippen LogP contribution in [0.5, 0.6) is 0 Å². The van der Waals surface area contributed by atoms with Gasteiger partial charge in [0, 0.05) is 29.6 Å². The van der Waals surface area contributed by atoms with Crippen molar-refractivity contribution in [1.29, 1.82) is 0 Å². The molecule has 2 atom stereocenters. The van der Waals surface area contributed by atoms with Crippen molar-refractivity contribution in [3.05, 3.63) is 34.6 Å². The fourth-order valence-corrected chi connectivity index (χ4v) is 2.88. The van der Waals surface area contributed by atoms with Crippen LogP contribution in [-0.4, -0.2) is 34.6 Å². The molecule has 0 amide bonds. The van der Waals surface area contributed by atoms with Gasteiger partial charge in [-0.1, -0.05) is 17.7 Å². The molecule has 1 N–H and O–H groups in total. The second-order valence-corrected chi connectivity index (χ2v) is 6.73. The standard InChI is InChI=1S/C15H19ClFNO2/c1-15(2,3)18-7-11(12(8-18)14(19)20)10-5-4-9(16)6-13(10)17/h4-6,11-12H,7-8H2,1-3H3,(H,19,20)/t11-,12+/m0/s1. The van der Waals surface area contributed by atoms with E-state index >= 15 is 0 Å². The largest absolute Gasteiger partial charge is 0.481 e. The first kappa shape index (κ1) is 15.3. The number of rotatable bonds is 2. The molecule has 1 aromatic rings. The highest BCUT2D eigenvalue weighted by atomic mass is 35.5. The third-order valence-electron chi connectivity index (χ3n) is 3.95. The van der Waals surface area contributed by atoms with Gasteiger partial charge < -0.3 is 5.11 Å². The zero-order valence-electron chi connectivity index (χ0n) is 11.9. The first-order valence-corrected chi connectivity index (χ1v) is 7.00. The molecule has 0 aliphatic carbocycles. The summed E-state index contributed by atoms with van der Waals surface area (Å²) in [6.07, 6.45) is 0. The molecule has 0 bridgehead atoms. The van der Waals surface area contributed by atoms with Crippen LogP contribution in [0.1, 0.15) is 32.3 Å². The molecule has 1 heterocycles. The molecule has 0 unspecified atom stereocenters.